The fraction of sp³-hybridized carbons (Fsp3) is 0. The van der Waals surface area contributed by atoms with Crippen LogP contribution in [-0.4, -0.2) is 20.5 Å². The van der Waals surface area contributed by atoms with Gasteiger partial charge in [-0.2, -0.15) is 0 Å². The van der Waals surface area contributed by atoms with E-state index in [4.69, 9.17) is 0 Å². The third-order valence-corrected chi connectivity index (χ3v) is 3.45. The van der Waals surface area contributed by atoms with Gasteiger partial charge in [-0.3, -0.25) is 4.40 Å². The second-order valence-corrected chi connectivity index (χ2v) is 4.78. The largest absolute Gasteiger partial charge is 0.477 e. The zero-order chi connectivity index (χ0) is 13.4. The van der Waals surface area contributed by atoms with Gasteiger partial charge in [0, 0.05) is 5.56 Å². The molecule has 0 amide bonds. The summed E-state index contributed by atoms with van der Waals surface area (Å²) in [5.74, 6) is -0.367. The van der Waals surface area contributed by atoms with E-state index in [9.17, 15) is 9.90 Å². The quantitative estimate of drug-likeness (QED) is 0.787. The molecule has 0 atom stereocenters. The molecule has 1 N–H and O–H groups in total. The summed E-state index contributed by atoms with van der Waals surface area (Å²) in [5, 5.41) is 9.30. The summed E-state index contributed by atoms with van der Waals surface area (Å²) in [6.45, 7) is 0. The fourth-order valence-corrected chi connectivity index (χ4v) is 2.52. The highest BCUT2D eigenvalue weighted by Gasteiger charge is 2.16. The number of halogens is 1. The maximum absolute atomic E-state index is 11.3. The predicted molar refractivity (Wildman–Crippen MR) is 75.3 cm³/mol. The normalized spacial score (nSPS) is 10.8. The van der Waals surface area contributed by atoms with E-state index >= 15 is 0 Å². The molecule has 0 fully saturated rings. The maximum atomic E-state index is 11.3. The van der Waals surface area contributed by atoms with Crippen LogP contribution in [0.2, 0.25) is 0 Å². The average molecular weight is 317 g/mol. The van der Waals surface area contributed by atoms with Crippen LogP contribution in [0.4, 0.5) is 0 Å². The molecule has 0 radical (unpaired) electrons. The summed E-state index contributed by atoms with van der Waals surface area (Å²) in [7, 11) is 0. The number of nitrogens with zero attached hydrogens (tertiary/aromatic N) is 2. The van der Waals surface area contributed by atoms with Crippen LogP contribution in [0.1, 0.15) is 10.5 Å². The van der Waals surface area contributed by atoms with Gasteiger partial charge in [0.15, 0.2) is 0 Å². The van der Waals surface area contributed by atoms with Crippen LogP contribution in [0, 0.1) is 0 Å². The van der Waals surface area contributed by atoms with Crippen molar-refractivity contribution in [3.05, 3.63) is 58.8 Å². The topological polar surface area (TPSA) is 54.6 Å². The Balaban J connectivity index is 2.40. The average Bonchev–Trinajstić information content (AvgIpc) is 2.77. The third kappa shape index (κ3) is 1.92. The van der Waals surface area contributed by atoms with Crippen molar-refractivity contribution in [2.75, 3.05) is 0 Å². The van der Waals surface area contributed by atoms with Gasteiger partial charge in [-0.15, -0.1) is 0 Å². The Hall–Kier alpha value is -2.14. The lowest BCUT2D eigenvalue weighted by atomic mass is 10.2. The number of benzene rings is 1. The number of rotatable bonds is 2. The van der Waals surface area contributed by atoms with E-state index in [-0.39, 0.29) is 5.69 Å². The second-order valence-electron chi connectivity index (χ2n) is 4.03. The molecule has 0 saturated heterocycles. The first-order valence-electron chi connectivity index (χ1n) is 5.64. The van der Waals surface area contributed by atoms with Crippen LogP contribution >= 0.6 is 15.9 Å². The maximum Gasteiger partial charge on any atom is 0.352 e. The Kier molecular flexibility index (Phi) is 2.83. The molecule has 3 aromatic rings. The molecule has 19 heavy (non-hydrogen) atoms. The van der Waals surface area contributed by atoms with Gasteiger partial charge in [0.2, 0.25) is 0 Å². The van der Waals surface area contributed by atoms with E-state index < -0.39 is 5.97 Å². The van der Waals surface area contributed by atoms with Crippen LogP contribution in [0.5, 0.6) is 0 Å². The standard InChI is InChI=1S/C14H9BrN2O2/c15-12-10-7-4-8-11(14(18)19)17(10)13(16-12)9-5-2-1-3-6-9/h1-8H,(H,18,19). The number of carbonyl (C=O) groups is 1. The van der Waals surface area contributed by atoms with Crippen molar-refractivity contribution in [2.45, 2.75) is 0 Å². The van der Waals surface area contributed by atoms with Crippen LogP contribution in [0.15, 0.2) is 53.1 Å². The molecule has 3 rings (SSSR count). The molecular formula is C14H9BrN2O2. The number of aromatic carboxylic acids is 1. The number of imidazole rings is 1. The summed E-state index contributed by atoms with van der Waals surface area (Å²) < 4.78 is 2.27. The van der Waals surface area contributed by atoms with Gasteiger partial charge in [-0.05, 0) is 28.1 Å². The van der Waals surface area contributed by atoms with Crippen molar-refractivity contribution in [1.29, 1.82) is 0 Å². The van der Waals surface area contributed by atoms with E-state index in [0.717, 1.165) is 11.1 Å². The van der Waals surface area contributed by atoms with Crippen molar-refractivity contribution < 1.29 is 9.90 Å². The molecule has 0 unspecified atom stereocenters. The molecule has 0 saturated carbocycles. The fourth-order valence-electron chi connectivity index (χ4n) is 2.05. The molecule has 0 aliphatic heterocycles. The Morgan fingerprint density at radius 1 is 1.11 bits per heavy atom. The highest BCUT2D eigenvalue weighted by Crippen LogP contribution is 2.27. The molecule has 4 nitrogen and oxygen atoms in total. The zero-order valence-electron chi connectivity index (χ0n) is 9.75. The number of carboxylic acid groups (broad SMARTS) is 1. The van der Waals surface area contributed by atoms with Crippen molar-refractivity contribution in [1.82, 2.24) is 9.38 Å². The van der Waals surface area contributed by atoms with E-state index in [1.165, 1.54) is 0 Å². The minimum Gasteiger partial charge on any atom is -0.477 e. The molecular weight excluding hydrogens is 308 g/mol. The molecule has 94 valence electrons. The SMILES string of the molecule is O=C(O)c1cccc2c(Br)nc(-c3ccccc3)n12. The van der Waals surface area contributed by atoms with Crippen LogP contribution in [0.3, 0.4) is 0 Å². The Labute approximate surface area is 117 Å². The van der Waals surface area contributed by atoms with Gasteiger partial charge in [0.25, 0.3) is 0 Å². The van der Waals surface area contributed by atoms with Crippen LogP contribution in [0.25, 0.3) is 16.9 Å². The van der Waals surface area contributed by atoms with Crippen LogP contribution in [-0.2, 0) is 0 Å². The zero-order valence-corrected chi connectivity index (χ0v) is 11.3. The van der Waals surface area contributed by atoms with Gasteiger partial charge >= 0.3 is 5.97 Å². The van der Waals surface area contributed by atoms with Gasteiger partial charge in [-0.1, -0.05) is 36.4 Å². The summed E-state index contributed by atoms with van der Waals surface area (Å²) in [5.41, 5.74) is 1.80. The van der Waals surface area contributed by atoms with E-state index in [1.807, 2.05) is 36.4 Å². The van der Waals surface area contributed by atoms with Gasteiger partial charge in [-0.25, -0.2) is 9.78 Å². The molecule has 5 heteroatoms. The molecule has 0 spiro atoms. The number of aromatic nitrogens is 2. The number of carboxylic acids is 1. The van der Waals surface area contributed by atoms with Gasteiger partial charge < -0.3 is 5.11 Å². The second kappa shape index (κ2) is 4.51. The minimum atomic E-state index is -0.979. The molecule has 1 aromatic carbocycles. The molecule has 2 heterocycles. The lowest BCUT2D eigenvalue weighted by molar-refractivity contribution is 0.0689. The lowest BCUT2D eigenvalue weighted by Gasteiger charge is -2.05. The van der Waals surface area contributed by atoms with E-state index in [1.54, 1.807) is 16.5 Å². The van der Waals surface area contributed by atoms with E-state index in [0.29, 0.717) is 10.4 Å². The highest BCUT2D eigenvalue weighted by atomic mass is 79.9. The first-order valence-corrected chi connectivity index (χ1v) is 6.43. The summed E-state index contributed by atoms with van der Waals surface area (Å²) in [6.07, 6.45) is 0. The summed E-state index contributed by atoms with van der Waals surface area (Å²) in [6, 6.07) is 14.6. The number of pyridine rings is 1. The third-order valence-electron chi connectivity index (χ3n) is 2.87. The Bertz CT molecular complexity index is 766. The monoisotopic (exact) mass is 316 g/mol. The van der Waals surface area contributed by atoms with Crippen LogP contribution < -0.4 is 0 Å². The van der Waals surface area contributed by atoms with Gasteiger partial charge in [0.1, 0.15) is 16.1 Å². The Morgan fingerprint density at radius 3 is 2.53 bits per heavy atom. The Morgan fingerprint density at radius 2 is 1.84 bits per heavy atom. The number of hydrogen-bond donors (Lipinski definition) is 1. The van der Waals surface area contributed by atoms with Crippen molar-refractivity contribution in [2.24, 2.45) is 0 Å². The molecule has 2 aromatic heterocycles. The number of hydrogen-bond acceptors (Lipinski definition) is 2. The summed E-state index contributed by atoms with van der Waals surface area (Å²) in [4.78, 5) is 15.8. The lowest BCUT2D eigenvalue weighted by Crippen LogP contribution is -2.05. The predicted octanol–water partition coefficient (Wildman–Crippen LogP) is 3.46. The van der Waals surface area contributed by atoms with Crippen molar-refractivity contribution >= 4 is 27.4 Å². The minimum absolute atomic E-state index is 0.189. The molecule has 0 aliphatic carbocycles. The molecule has 0 aliphatic rings. The smallest absolute Gasteiger partial charge is 0.352 e. The highest BCUT2D eigenvalue weighted by molar-refractivity contribution is 9.10. The first kappa shape index (κ1) is 11.9. The van der Waals surface area contributed by atoms with E-state index in [2.05, 4.69) is 20.9 Å². The molecule has 0 bridgehead atoms. The van der Waals surface area contributed by atoms with Crippen molar-refractivity contribution in [3.8, 4) is 11.4 Å². The van der Waals surface area contributed by atoms with Gasteiger partial charge in [0.05, 0.1) is 5.52 Å². The summed E-state index contributed by atoms with van der Waals surface area (Å²) >= 11 is 3.37. The first-order chi connectivity index (χ1) is 9.18. The van der Waals surface area contributed by atoms with Crippen molar-refractivity contribution in [3.63, 3.8) is 0 Å². The number of fused-ring (bicyclic) bond motifs is 1.